The van der Waals surface area contributed by atoms with E-state index in [1.807, 2.05) is 30.3 Å². The number of amides is 1. The van der Waals surface area contributed by atoms with E-state index < -0.39 is 0 Å². The van der Waals surface area contributed by atoms with Gasteiger partial charge in [-0.1, -0.05) is 79.2 Å². The Morgan fingerprint density at radius 2 is 1.56 bits per heavy atom. The number of carbonyl (C=O) groups excluding carboxylic acids is 1. The molecule has 1 amide bonds. The van der Waals surface area contributed by atoms with Crippen LogP contribution in [0.5, 0.6) is 0 Å². The molecule has 2 heterocycles. The third-order valence-corrected chi connectivity index (χ3v) is 7.04. The topological polar surface area (TPSA) is 45.2 Å². The van der Waals surface area contributed by atoms with Crippen LogP contribution in [-0.2, 0) is 4.79 Å². The molecule has 4 aromatic carbocycles. The molecule has 1 N–H and O–H groups in total. The highest BCUT2D eigenvalue weighted by molar-refractivity contribution is 6.14. The van der Waals surface area contributed by atoms with Crippen LogP contribution < -0.4 is 5.32 Å². The SMILES string of the molecule is O=C(CN1CCCCC1)Nc1cccc(-c2cc(-c3ccccc3)nc3ccc4ccccc4c23)c1. The maximum absolute atomic E-state index is 12.8. The summed E-state index contributed by atoms with van der Waals surface area (Å²) in [7, 11) is 0. The lowest BCUT2D eigenvalue weighted by atomic mass is 9.94. The van der Waals surface area contributed by atoms with E-state index in [1.54, 1.807) is 0 Å². The summed E-state index contributed by atoms with van der Waals surface area (Å²) in [6.45, 7) is 2.46. The van der Waals surface area contributed by atoms with E-state index in [0.717, 1.165) is 52.1 Å². The maximum atomic E-state index is 12.8. The Balaban J connectivity index is 1.43. The zero-order chi connectivity index (χ0) is 24.3. The summed E-state index contributed by atoms with van der Waals surface area (Å²) in [6.07, 6.45) is 3.62. The van der Waals surface area contributed by atoms with Gasteiger partial charge in [-0.3, -0.25) is 9.69 Å². The molecule has 6 rings (SSSR count). The van der Waals surface area contributed by atoms with Crippen molar-refractivity contribution in [2.45, 2.75) is 19.3 Å². The van der Waals surface area contributed by atoms with E-state index in [0.29, 0.717) is 6.54 Å². The third-order valence-electron chi connectivity index (χ3n) is 7.04. The minimum absolute atomic E-state index is 0.0454. The molecule has 4 heteroatoms. The van der Waals surface area contributed by atoms with E-state index in [4.69, 9.17) is 4.98 Å². The van der Waals surface area contributed by atoms with E-state index in [9.17, 15) is 4.79 Å². The van der Waals surface area contributed by atoms with Gasteiger partial charge in [-0.05, 0) is 72.1 Å². The predicted octanol–water partition coefficient (Wildman–Crippen LogP) is 7.15. The fraction of sp³-hybridized carbons (Fsp3) is 0.188. The second kappa shape index (κ2) is 9.92. The molecule has 5 aromatic rings. The molecule has 1 aliphatic rings. The van der Waals surface area contributed by atoms with Crippen molar-refractivity contribution in [3.8, 4) is 22.4 Å². The number of carbonyl (C=O) groups is 1. The number of piperidine rings is 1. The quantitative estimate of drug-likeness (QED) is 0.277. The Bertz CT molecular complexity index is 1540. The standard InChI is InChI=1S/C32H29N3O/c36-31(22-35-18-7-2-8-19-35)33-26-14-9-13-25(20-26)28-21-30(24-11-3-1-4-12-24)34-29-17-16-23-10-5-6-15-27(23)32(28)29/h1,3-6,9-17,20-21H,2,7-8,18-19,22H2,(H,33,36). The molecule has 0 aliphatic carbocycles. The molecular weight excluding hydrogens is 442 g/mol. The molecule has 36 heavy (non-hydrogen) atoms. The van der Waals surface area contributed by atoms with Gasteiger partial charge in [0.15, 0.2) is 0 Å². The van der Waals surface area contributed by atoms with Gasteiger partial charge in [0.2, 0.25) is 5.91 Å². The number of anilines is 1. The van der Waals surface area contributed by atoms with Crippen LogP contribution in [0.2, 0.25) is 0 Å². The Morgan fingerprint density at radius 1 is 0.778 bits per heavy atom. The van der Waals surface area contributed by atoms with Gasteiger partial charge in [-0.15, -0.1) is 0 Å². The number of likely N-dealkylation sites (tertiary alicyclic amines) is 1. The maximum Gasteiger partial charge on any atom is 0.238 e. The van der Waals surface area contributed by atoms with Crippen LogP contribution in [0.4, 0.5) is 5.69 Å². The van der Waals surface area contributed by atoms with Crippen LogP contribution in [-0.4, -0.2) is 35.4 Å². The molecule has 1 fully saturated rings. The smallest absolute Gasteiger partial charge is 0.238 e. The van der Waals surface area contributed by atoms with Crippen molar-refractivity contribution in [1.29, 1.82) is 0 Å². The highest BCUT2D eigenvalue weighted by Gasteiger charge is 2.16. The van der Waals surface area contributed by atoms with Crippen molar-refractivity contribution in [3.63, 3.8) is 0 Å². The molecule has 1 aliphatic heterocycles. The zero-order valence-electron chi connectivity index (χ0n) is 20.3. The van der Waals surface area contributed by atoms with Gasteiger partial charge in [0, 0.05) is 16.6 Å². The monoisotopic (exact) mass is 471 g/mol. The van der Waals surface area contributed by atoms with Crippen molar-refractivity contribution in [3.05, 3.63) is 97.1 Å². The number of pyridine rings is 1. The molecule has 0 atom stereocenters. The number of hydrogen-bond donors (Lipinski definition) is 1. The zero-order valence-corrected chi connectivity index (χ0v) is 20.3. The van der Waals surface area contributed by atoms with Gasteiger partial charge in [0.25, 0.3) is 0 Å². The van der Waals surface area contributed by atoms with Gasteiger partial charge in [-0.25, -0.2) is 4.98 Å². The predicted molar refractivity (Wildman–Crippen MR) is 149 cm³/mol. The fourth-order valence-corrected chi connectivity index (χ4v) is 5.28. The van der Waals surface area contributed by atoms with Crippen molar-refractivity contribution >= 4 is 33.3 Å². The van der Waals surface area contributed by atoms with E-state index >= 15 is 0 Å². The first-order valence-corrected chi connectivity index (χ1v) is 12.8. The summed E-state index contributed by atoms with van der Waals surface area (Å²) < 4.78 is 0. The van der Waals surface area contributed by atoms with Crippen LogP contribution in [0.3, 0.4) is 0 Å². The lowest BCUT2D eigenvalue weighted by molar-refractivity contribution is -0.117. The van der Waals surface area contributed by atoms with Crippen LogP contribution in [0.25, 0.3) is 44.1 Å². The van der Waals surface area contributed by atoms with Gasteiger partial charge >= 0.3 is 0 Å². The lowest BCUT2D eigenvalue weighted by Gasteiger charge is -2.25. The Morgan fingerprint density at radius 3 is 2.42 bits per heavy atom. The minimum atomic E-state index is 0.0454. The molecule has 0 bridgehead atoms. The summed E-state index contributed by atoms with van der Waals surface area (Å²) in [5.74, 6) is 0.0454. The lowest BCUT2D eigenvalue weighted by Crippen LogP contribution is -2.36. The number of nitrogens with one attached hydrogen (secondary N) is 1. The highest BCUT2D eigenvalue weighted by Crippen LogP contribution is 2.37. The molecule has 178 valence electrons. The van der Waals surface area contributed by atoms with Crippen molar-refractivity contribution in [2.24, 2.45) is 0 Å². The average molecular weight is 472 g/mol. The van der Waals surface area contributed by atoms with Crippen LogP contribution in [0, 0.1) is 0 Å². The number of fused-ring (bicyclic) bond motifs is 3. The number of aromatic nitrogens is 1. The highest BCUT2D eigenvalue weighted by atomic mass is 16.2. The van der Waals surface area contributed by atoms with E-state index in [2.05, 4.69) is 76.9 Å². The van der Waals surface area contributed by atoms with Crippen molar-refractivity contribution < 1.29 is 4.79 Å². The summed E-state index contributed by atoms with van der Waals surface area (Å²) in [5, 5.41) is 6.63. The number of benzene rings is 4. The van der Waals surface area contributed by atoms with Crippen LogP contribution >= 0.6 is 0 Å². The fourth-order valence-electron chi connectivity index (χ4n) is 5.28. The third kappa shape index (κ3) is 4.60. The Kier molecular flexibility index (Phi) is 6.18. The van der Waals surface area contributed by atoms with Gasteiger partial charge in [0.05, 0.1) is 17.8 Å². The first kappa shape index (κ1) is 22.4. The van der Waals surface area contributed by atoms with Crippen molar-refractivity contribution in [2.75, 3.05) is 25.0 Å². The van der Waals surface area contributed by atoms with Gasteiger partial charge < -0.3 is 5.32 Å². The van der Waals surface area contributed by atoms with Crippen molar-refractivity contribution in [1.82, 2.24) is 9.88 Å². The molecule has 1 aromatic heterocycles. The van der Waals surface area contributed by atoms with Gasteiger partial charge in [-0.2, -0.15) is 0 Å². The molecule has 4 nitrogen and oxygen atoms in total. The molecule has 1 saturated heterocycles. The van der Waals surface area contributed by atoms with E-state index in [-0.39, 0.29) is 5.91 Å². The first-order valence-electron chi connectivity index (χ1n) is 12.8. The summed E-state index contributed by atoms with van der Waals surface area (Å²) in [4.78, 5) is 20.1. The normalized spacial score (nSPS) is 14.2. The second-order valence-electron chi connectivity index (χ2n) is 9.57. The second-order valence-corrected chi connectivity index (χ2v) is 9.57. The Labute approximate surface area is 211 Å². The summed E-state index contributed by atoms with van der Waals surface area (Å²) >= 11 is 0. The summed E-state index contributed by atoms with van der Waals surface area (Å²) in [5.41, 5.74) is 5.98. The van der Waals surface area contributed by atoms with E-state index in [1.165, 1.54) is 30.0 Å². The van der Waals surface area contributed by atoms with Crippen LogP contribution in [0.15, 0.2) is 97.1 Å². The average Bonchev–Trinajstić information content (AvgIpc) is 2.93. The molecule has 0 saturated carbocycles. The summed E-state index contributed by atoms with van der Waals surface area (Å²) in [6, 6.07) is 33.4. The Hall–Kier alpha value is -4.02. The molecule has 0 radical (unpaired) electrons. The number of rotatable bonds is 5. The van der Waals surface area contributed by atoms with Gasteiger partial charge in [0.1, 0.15) is 0 Å². The first-order chi connectivity index (χ1) is 17.7. The largest absolute Gasteiger partial charge is 0.325 e. The number of hydrogen-bond acceptors (Lipinski definition) is 3. The van der Waals surface area contributed by atoms with Crippen LogP contribution in [0.1, 0.15) is 19.3 Å². The number of nitrogens with zero attached hydrogens (tertiary/aromatic N) is 2. The molecule has 0 unspecified atom stereocenters. The molecule has 0 spiro atoms. The molecular formula is C32H29N3O. The minimum Gasteiger partial charge on any atom is -0.325 e.